The molecule has 4 aromatic rings. The van der Waals surface area contributed by atoms with Crippen molar-refractivity contribution in [1.29, 1.82) is 0 Å². The smallest absolute Gasteiger partial charge is 0.330 e. The predicted octanol–water partition coefficient (Wildman–Crippen LogP) is 3.80. The topological polar surface area (TPSA) is 141 Å². The fourth-order valence-corrected chi connectivity index (χ4v) is 4.67. The van der Waals surface area contributed by atoms with Gasteiger partial charge in [-0.1, -0.05) is 30.3 Å². The van der Waals surface area contributed by atoms with Crippen molar-refractivity contribution in [3.8, 4) is 0 Å². The SMILES string of the molecule is CN1C(=O)CN(CCC(=O)O)C(=O)c2cc(NC(=O)Cc3ccc(NC(=O)n4ccc5ccccc54)cc3)ccc21. The number of amides is 4. The largest absolute Gasteiger partial charge is 0.481 e. The van der Waals surface area contributed by atoms with E-state index in [1.165, 1.54) is 20.4 Å². The predicted molar refractivity (Wildman–Crippen MR) is 153 cm³/mol. The van der Waals surface area contributed by atoms with Gasteiger partial charge in [0.1, 0.15) is 6.54 Å². The quantitative estimate of drug-likeness (QED) is 0.318. The van der Waals surface area contributed by atoms with E-state index in [1.54, 1.807) is 49.6 Å². The van der Waals surface area contributed by atoms with Crippen LogP contribution in [0.5, 0.6) is 0 Å². The molecule has 0 saturated heterocycles. The van der Waals surface area contributed by atoms with Gasteiger partial charge in [0.05, 0.1) is 29.6 Å². The van der Waals surface area contributed by atoms with Crippen LogP contribution < -0.4 is 15.5 Å². The van der Waals surface area contributed by atoms with Crippen molar-refractivity contribution in [2.24, 2.45) is 0 Å². The van der Waals surface area contributed by atoms with Crippen LogP contribution in [0.2, 0.25) is 0 Å². The molecule has 0 fully saturated rings. The van der Waals surface area contributed by atoms with Crippen LogP contribution in [0.4, 0.5) is 21.9 Å². The number of hydrogen-bond donors (Lipinski definition) is 3. The summed E-state index contributed by atoms with van der Waals surface area (Å²) >= 11 is 0. The second kappa shape index (κ2) is 11.3. The Hall–Kier alpha value is -5.45. The Morgan fingerprint density at radius 3 is 2.39 bits per heavy atom. The monoisotopic (exact) mass is 553 g/mol. The van der Waals surface area contributed by atoms with Crippen molar-refractivity contribution >= 4 is 57.7 Å². The summed E-state index contributed by atoms with van der Waals surface area (Å²) in [5.74, 6) is -2.23. The average Bonchev–Trinajstić information content (AvgIpc) is 3.36. The van der Waals surface area contributed by atoms with E-state index in [0.717, 1.165) is 10.9 Å². The average molecular weight is 554 g/mol. The molecule has 1 aliphatic heterocycles. The van der Waals surface area contributed by atoms with Gasteiger partial charge in [-0.2, -0.15) is 0 Å². The molecule has 41 heavy (non-hydrogen) atoms. The molecule has 3 N–H and O–H groups in total. The zero-order valence-electron chi connectivity index (χ0n) is 22.2. The lowest BCUT2D eigenvalue weighted by molar-refractivity contribution is -0.137. The van der Waals surface area contributed by atoms with Gasteiger partial charge in [-0.3, -0.25) is 23.7 Å². The molecule has 2 heterocycles. The Kier molecular flexibility index (Phi) is 7.51. The van der Waals surface area contributed by atoms with Gasteiger partial charge in [-0.25, -0.2) is 4.79 Å². The first-order valence-corrected chi connectivity index (χ1v) is 12.9. The summed E-state index contributed by atoms with van der Waals surface area (Å²) in [6.07, 6.45) is 1.46. The highest BCUT2D eigenvalue weighted by Crippen LogP contribution is 2.28. The molecule has 0 bridgehead atoms. The fraction of sp³-hybridized carbons (Fsp3) is 0.167. The highest BCUT2D eigenvalue weighted by atomic mass is 16.4. The zero-order chi connectivity index (χ0) is 29.1. The minimum absolute atomic E-state index is 0.0463. The summed E-state index contributed by atoms with van der Waals surface area (Å²) in [6, 6.07) is 20.7. The van der Waals surface area contributed by atoms with Crippen LogP contribution in [-0.4, -0.2) is 64.4 Å². The molecule has 0 atom stereocenters. The van der Waals surface area contributed by atoms with Gasteiger partial charge in [0.25, 0.3) is 5.91 Å². The van der Waals surface area contributed by atoms with Crippen molar-refractivity contribution in [2.45, 2.75) is 12.8 Å². The molecule has 5 rings (SSSR count). The number of likely N-dealkylation sites (N-methyl/N-ethyl adjacent to an activating group) is 1. The standard InChI is InChI=1S/C30H27N5O6/c1-33-25-11-10-22(17-23(25)29(40)34(18-27(33)37)14-13-28(38)39)31-26(36)16-19-6-8-21(9-7-19)32-30(41)35-15-12-20-4-2-3-5-24(20)35/h2-12,15,17H,13-14,16,18H2,1H3,(H,31,36)(H,32,41)(H,38,39). The molecule has 208 valence electrons. The molecule has 0 saturated carbocycles. The maximum absolute atomic E-state index is 13.1. The van der Waals surface area contributed by atoms with Gasteiger partial charge in [-0.05, 0) is 48.0 Å². The number of carbonyl (C=O) groups is 5. The summed E-state index contributed by atoms with van der Waals surface area (Å²) in [4.78, 5) is 64.7. The maximum atomic E-state index is 13.1. The van der Waals surface area contributed by atoms with Crippen molar-refractivity contribution < 1.29 is 29.1 Å². The van der Waals surface area contributed by atoms with E-state index in [1.807, 2.05) is 30.3 Å². The van der Waals surface area contributed by atoms with Gasteiger partial charge < -0.3 is 25.5 Å². The first-order chi connectivity index (χ1) is 19.7. The Morgan fingerprint density at radius 1 is 0.902 bits per heavy atom. The zero-order valence-corrected chi connectivity index (χ0v) is 22.2. The normalized spacial score (nSPS) is 13.1. The summed E-state index contributed by atoms with van der Waals surface area (Å²) < 4.78 is 1.53. The Morgan fingerprint density at radius 2 is 1.63 bits per heavy atom. The first kappa shape index (κ1) is 27.1. The van der Waals surface area contributed by atoms with E-state index in [4.69, 9.17) is 5.11 Å². The van der Waals surface area contributed by atoms with Gasteiger partial charge >= 0.3 is 12.0 Å². The number of anilines is 3. The number of carbonyl (C=O) groups excluding carboxylic acids is 4. The highest BCUT2D eigenvalue weighted by molar-refractivity contribution is 6.10. The van der Waals surface area contributed by atoms with Crippen LogP contribution in [0, 0.1) is 0 Å². The Labute approximate surface area is 235 Å². The van der Waals surface area contributed by atoms with Crippen LogP contribution >= 0.6 is 0 Å². The lowest BCUT2D eigenvalue weighted by atomic mass is 10.1. The van der Waals surface area contributed by atoms with Crippen LogP contribution in [-0.2, 0) is 20.8 Å². The third-order valence-corrected chi connectivity index (χ3v) is 6.84. The van der Waals surface area contributed by atoms with Crippen LogP contribution in [0.1, 0.15) is 22.3 Å². The van der Waals surface area contributed by atoms with Gasteiger partial charge in [-0.15, -0.1) is 0 Å². The lowest BCUT2D eigenvalue weighted by Crippen LogP contribution is -2.38. The van der Waals surface area contributed by atoms with E-state index < -0.39 is 11.9 Å². The first-order valence-electron chi connectivity index (χ1n) is 12.9. The number of carboxylic acid groups (broad SMARTS) is 1. The third kappa shape index (κ3) is 5.93. The Bertz CT molecular complexity index is 1680. The third-order valence-electron chi connectivity index (χ3n) is 6.84. The molecule has 0 spiro atoms. The van der Waals surface area contributed by atoms with Gasteiger partial charge in [0, 0.05) is 36.6 Å². The van der Waals surface area contributed by atoms with Crippen molar-refractivity contribution in [3.63, 3.8) is 0 Å². The summed E-state index contributed by atoms with van der Waals surface area (Å²) in [6.45, 7) is -0.348. The second-order valence-electron chi connectivity index (χ2n) is 9.65. The summed E-state index contributed by atoms with van der Waals surface area (Å²) in [5.41, 5.74) is 3.02. The number of hydrogen-bond acceptors (Lipinski definition) is 5. The van der Waals surface area contributed by atoms with Gasteiger partial charge in [0.2, 0.25) is 11.8 Å². The van der Waals surface area contributed by atoms with Crippen molar-refractivity contribution in [3.05, 3.63) is 90.1 Å². The molecule has 1 aliphatic rings. The maximum Gasteiger partial charge on any atom is 0.330 e. The van der Waals surface area contributed by atoms with E-state index in [9.17, 15) is 24.0 Å². The van der Waals surface area contributed by atoms with Gasteiger partial charge in [0.15, 0.2) is 0 Å². The number of nitrogens with one attached hydrogen (secondary N) is 2. The number of nitrogens with zero attached hydrogens (tertiary/aromatic N) is 3. The van der Waals surface area contributed by atoms with E-state index in [2.05, 4.69) is 10.6 Å². The fourth-order valence-electron chi connectivity index (χ4n) is 4.67. The van der Waals surface area contributed by atoms with Crippen LogP contribution in [0.15, 0.2) is 79.0 Å². The van der Waals surface area contributed by atoms with E-state index in [-0.39, 0.29) is 49.3 Å². The van der Waals surface area contributed by atoms with E-state index in [0.29, 0.717) is 22.6 Å². The molecular formula is C30H27N5O6. The molecule has 0 radical (unpaired) electrons. The number of aromatic nitrogens is 1. The number of benzene rings is 3. The molecule has 11 nitrogen and oxygen atoms in total. The molecule has 0 unspecified atom stereocenters. The number of para-hydroxylation sites is 1. The molecule has 3 aromatic carbocycles. The molecule has 0 aliphatic carbocycles. The minimum atomic E-state index is -1.07. The summed E-state index contributed by atoms with van der Waals surface area (Å²) in [7, 11) is 1.54. The molecule has 11 heteroatoms. The molecule has 4 amide bonds. The number of aliphatic carboxylic acids is 1. The highest BCUT2D eigenvalue weighted by Gasteiger charge is 2.30. The van der Waals surface area contributed by atoms with Crippen molar-refractivity contribution in [2.75, 3.05) is 35.7 Å². The van der Waals surface area contributed by atoms with Crippen LogP contribution in [0.25, 0.3) is 10.9 Å². The Balaban J connectivity index is 1.23. The summed E-state index contributed by atoms with van der Waals surface area (Å²) in [5, 5.41) is 15.6. The van der Waals surface area contributed by atoms with E-state index >= 15 is 0 Å². The second-order valence-corrected chi connectivity index (χ2v) is 9.65. The lowest BCUT2D eigenvalue weighted by Gasteiger charge is -2.19. The van der Waals surface area contributed by atoms with Crippen LogP contribution in [0.3, 0.4) is 0 Å². The number of fused-ring (bicyclic) bond motifs is 2. The minimum Gasteiger partial charge on any atom is -0.481 e. The number of carboxylic acids is 1. The molecular weight excluding hydrogens is 526 g/mol. The molecule has 1 aromatic heterocycles. The number of rotatable bonds is 7. The van der Waals surface area contributed by atoms with Crippen molar-refractivity contribution in [1.82, 2.24) is 9.47 Å².